The molecule has 0 bridgehead atoms. The van der Waals surface area contributed by atoms with Crippen molar-refractivity contribution in [3.8, 4) is 0 Å². The zero-order valence-corrected chi connectivity index (χ0v) is 12.4. The fourth-order valence-corrected chi connectivity index (χ4v) is 3.27. The van der Waals surface area contributed by atoms with Gasteiger partial charge in [0.15, 0.2) is 0 Å². The number of rotatable bonds is 2. The smallest absolute Gasteiger partial charge is 0.324 e. The average Bonchev–Trinajstić information content (AvgIpc) is 3.03. The molecule has 1 fully saturated rings. The highest BCUT2D eigenvalue weighted by Gasteiger charge is 2.32. The summed E-state index contributed by atoms with van der Waals surface area (Å²) in [5, 5.41) is -0.327. The summed E-state index contributed by atoms with van der Waals surface area (Å²) in [7, 11) is 0. The van der Waals surface area contributed by atoms with Crippen LogP contribution in [0.5, 0.6) is 0 Å². The van der Waals surface area contributed by atoms with Crippen LogP contribution < -0.4 is 0 Å². The normalized spacial score (nSPS) is 18.5. The molecule has 1 heterocycles. The number of benzene rings is 1. The molecule has 1 aromatic heterocycles. The third kappa shape index (κ3) is 2.63. The van der Waals surface area contributed by atoms with E-state index in [0.29, 0.717) is 17.4 Å². The molecule has 1 aliphatic rings. The quantitative estimate of drug-likeness (QED) is 0.672. The maximum absolute atomic E-state index is 12.8. The molecule has 0 N–H and O–H groups in total. The van der Waals surface area contributed by atoms with E-state index in [9.17, 15) is 13.2 Å². The van der Waals surface area contributed by atoms with Crippen LogP contribution in [0.4, 0.5) is 13.2 Å². The van der Waals surface area contributed by atoms with Gasteiger partial charge in [0, 0.05) is 6.04 Å². The molecule has 1 aromatic carbocycles. The molecule has 114 valence electrons. The number of imidazole rings is 1. The minimum Gasteiger partial charge on any atom is -0.324 e. The Balaban J connectivity index is 2.17. The Morgan fingerprint density at radius 1 is 1.29 bits per heavy atom. The monoisotopic (exact) mass is 316 g/mol. The van der Waals surface area contributed by atoms with Gasteiger partial charge in [-0.1, -0.05) is 12.8 Å². The molecule has 2 aromatic rings. The van der Waals surface area contributed by atoms with Crippen molar-refractivity contribution < 1.29 is 13.2 Å². The molecule has 1 saturated carbocycles. The Labute approximate surface area is 125 Å². The highest BCUT2D eigenvalue weighted by molar-refractivity contribution is 6.20. The molecule has 3 rings (SSSR count). The Bertz CT molecular complexity index is 655. The molecule has 6 heteroatoms. The fourth-order valence-electron chi connectivity index (χ4n) is 3.12. The number of fused-ring (bicyclic) bond motifs is 1. The first-order chi connectivity index (χ1) is 9.88. The topological polar surface area (TPSA) is 17.8 Å². The van der Waals surface area contributed by atoms with Crippen LogP contribution in [0, 0.1) is 0 Å². The lowest BCUT2D eigenvalue weighted by atomic mass is 10.1. The SMILES string of the molecule is CC(Cl)c1nc2cc(C(F)(F)F)ccc2n1C1CCCC1. The van der Waals surface area contributed by atoms with E-state index in [1.54, 1.807) is 6.92 Å². The highest BCUT2D eigenvalue weighted by Crippen LogP contribution is 2.38. The van der Waals surface area contributed by atoms with E-state index in [1.165, 1.54) is 6.07 Å². The van der Waals surface area contributed by atoms with Crippen LogP contribution in [0.1, 0.15) is 55.4 Å². The van der Waals surface area contributed by atoms with Gasteiger partial charge in [-0.25, -0.2) is 4.98 Å². The molecule has 2 nitrogen and oxygen atoms in total. The number of halogens is 4. The lowest BCUT2D eigenvalue weighted by Gasteiger charge is -2.17. The van der Waals surface area contributed by atoms with Gasteiger partial charge in [-0.15, -0.1) is 11.6 Å². The van der Waals surface area contributed by atoms with Gasteiger partial charge in [0.05, 0.1) is 22.0 Å². The summed E-state index contributed by atoms with van der Waals surface area (Å²) in [4.78, 5) is 4.36. The molecule has 0 radical (unpaired) electrons. The Hall–Kier alpha value is -1.23. The van der Waals surface area contributed by atoms with Crippen molar-refractivity contribution in [3.63, 3.8) is 0 Å². The minimum atomic E-state index is -4.35. The second-order valence-corrected chi connectivity index (χ2v) is 6.25. The van der Waals surface area contributed by atoms with E-state index >= 15 is 0 Å². The number of nitrogens with zero attached hydrogens (tertiary/aromatic N) is 2. The summed E-state index contributed by atoms with van der Waals surface area (Å²) < 4.78 is 40.5. The largest absolute Gasteiger partial charge is 0.416 e. The van der Waals surface area contributed by atoms with Crippen LogP contribution in [0.25, 0.3) is 11.0 Å². The lowest BCUT2D eigenvalue weighted by molar-refractivity contribution is -0.137. The zero-order valence-electron chi connectivity index (χ0n) is 11.6. The zero-order chi connectivity index (χ0) is 15.2. The number of hydrogen-bond donors (Lipinski definition) is 0. The van der Waals surface area contributed by atoms with Crippen LogP contribution in [-0.2, 0) is 6.18 Å². The molecular weight excluding hydrogens is 301 g/mol. The second-order valence-electron chi connectivity index (χ2n) is 5.60. The number of alkyl halides is 4. The van der Waals surface area contributed by atoms with Crippen molar-refractivity contribution in [3.05, 3.63) is 29.6 Å². The van der Waals surface area contributed by atoms with Crippen LogP contribution >= 0.6 is 11.6 Å². The van der Waals surface area contributed by atoms with Crippen molar-refractivity contribution in [1.82, 2.24) is 9.55 Å². The maximum Gasteiger partial charge on any atom is 0.416 e. The van der Waals surface area contributed by atoms with Crippen LogP contribution in [0.2, 0.25) is 0 Å². The highest BCUT2D eigenvalue weighted by atomic mass is 35.5. The number of hydrogen-bond acceptors (Lipinski definition) is 1. The molecule has 0 saturated heterocycles. The van der Waals surface area contributed by atoms with Crippen LogP contribution in [0.15, 0.2) is 18.2 Å². The number of aromatic nitrogens is 2. The summed E-state index contributed by atoms with van der Waals surface area (Å²) in [5.74, 6) is 0.665. The molecule has 0 spiro atoms. The van der Waals surface area contributed by atoms with Gasteiger partial charge in [-0.05, 0) is 38.0 Å². The molecule has 0 amide bonds. The molecular formula is C15H16ClF3N2. The molecule has 21 heavy (non-hydrogen) atoms. The molecule has 1 atom stereocenters. The summed E-state index contributed by atoms with van der Waals surface area (Å²) in [6.45, 7) is 1.80. The van der Waals surface area contributed by atoms with E-state index in [2.05, 4.69) is 4.98 Å². The molecule has 1 aliphatic carbocycles. The predicted octanol–water partition coefficient (Wildman–Crippen LogP) is 5.47. The fraction of sp³-hybridized carbons (Fsp3) is 0.533. The average molecular weight is 317 g/mol. The Morgan fingerprint density at radius 2 is 1.95 bits per heavy atom. The predicted molar refractivity (Wildman–Crippen MR) is 76.5 cm³/mol. The van der Waals surface area contributed by atoms with E-state index in [4.69, 9.17) is 11.6 Å². The van der Waals surface area contributed by atoms with Crippen molar-refractivity contribution in [2.75, 3.05) is 0 Å². The third-order valence-electron chi connectivity index (χ3n) is 4.09. The molecule has 0 aliphatic heterocycles. The van der Waals surface area contributed by atoms with Crippen molar-refractivity contribution in [2.45, 2.75) is 50.2 Å². The first-order valence-corrected chi connectivity index (χ1v) is 7.54. The van der Waals surface area contributed by atoms with E-state index in [0.717, 1.165) is 43.3 Å². The van der Waals surface area contributed by atoms with Gasteiger partial charge >= 0.3 is 6.18 Å². The summed E-state index contributed by atoms with van der Waals surface area (Å²) in [6, 6.07) is 4.05. The van der Waals surface area contributed by atoms with Crippen molar-refractivity contribution in [1.29, 1.82) is 0 Å². The Kier molecular flexibility index (Phi) is 3.64. The second kappa shape index (κ2) is 5.20. The van der Waals surface area contributed by atoms with Crippen molar-refractivity contribution in [2.24, 2.45) is 0 Å². The minimum absolute atomic E-state index is 0.294. The summed E-state index contributed by atoms with van der Waals surface area (Å²) >= 11 is 6.18. The van der Waals surface area contributed by atoms with Crippen LogP contribution in [-0.4, -0.2) is 9.55 Å². The van der Waals surface area contributed by atoms with Crippen molar-refractivity contribution >= 4 is 22.6 Å². The standard InChI is InChI=1S/C15H16ClF3N2/c1-9(16)14-20-12-8-10(15(17,18)19)6-7-13(12)21(14)11-4-2-3-5-11/h6-9,11H,2-5H2,1H3. The maximum atomic E-state index is 12.8. The van der Waals surface area contributed by atoms with Gasteiger partial charge in [-0.3, -0.25) is 0 Å². The van der Waals surface area contributed by atoms with Gasteiger partial charge in [0.1, 0.15) is 5.82 Å². The van der Waals surface area contributed by atoms with E-state index < -0.39 is 11.7 Å². The van der Waals surface area contributed by atoms with Gasteiger partial charge in [0.25, 0.3) is 0 Å². The first kappa shape index (κ1) is 14.7. The Morgan fingerprint density at radius 3 is 2.52 bits per heavy atom. The summed E-state index contributed by atoms with van der Waals surface area (Å²) in [6.07, 6.45) is -0.00752. The van der Waals surface area contributed by atoms with Gasteiger partial charge < -0.3 is 4.57 Å². The first-order valence-electron chi connectivity index (χ1n) is 7.11. The third-order valence-corrected chi connectivity index (χ3v) is 4.28. The lowest BCUT2D eigenvalue weighted by Crippen LogP contribution is -2.09. The van der Waals surface area contributed by atoms with E-state index in [1.807, 2.05) is 4.57 Å². The van der Waals surface area contributed by atoms with Gasteiger partial charge in [0.2, 0.25) is 0 Å². The van der Waals surface area contributed by atoms with Crippen LogP contribution in [0.3, 0.4) is 0 Å². The summed E-state index contributed by atoms with van der Waals surface area (Å²) in [5.41, 5.74) is 0.455. The molecule has 1 unspecified atom stereocenters. The van der Waals surface area contributed by atoms with Gasteiger partial charge in [-0.2, -0.15) is 13.2 Å². The van der Waals surface area contributed by atoms with E-state index in [-0.39, 0.29) is 5.38 Å².